The molecule has 1 aliphatic rings. The summed E-state index contributed by atoms with van der Waals surface area (Å²) < 4.78 is 0. The van der Waals surface area contributed by atoms with Crippen LogP contribution in [0.5, 0.6) is 0 Å². The van der Waals surface area contributed by atoms with Crippen molar-refractivity contribution in [2.45, 2.75) is 59.3 Å². The summed E-state index contributed by atoms with van der Waals surface area (Å²) in [5.41, 5.74) is 5.08. The Balaban J connectivity index is 2.33. The maximum atomic E-state index is 11.9. The molecule has 0 radical (unpaired) electrons. The van der Waals surface area contributed by atoms with Crippen LogP contribution in [0.1, 0.15) is 62.6 Å². The van der Waals surface area contributed by atoms with Crippen LogP contribution in [0.25, 0.3) is 0 Å². The van der Waals surface area contributed by atoms with E-state index in [9.17, 15) is 4.79 Å². The number of anilines is 1. The molecule has 2 heteroatoms. The molecule has 0 bridgehead atoms. The normalized spacial score (nSPS) is 18.9. The second-order valence-electron chi connectivity index (χ2n) is 6.16. The van der Waals surface area contributed by atoms with E-state index in [0.29, 0.717) is 5.92 Å². The van der Waals surface area contributed by atoms with Crippen molar-refractivity contribution < 1.29 is 4.79 Å². The third-order valence-electron chi connectivity index (χ3n) is 4.13. The number of fused-ring (bicyclic) bond motifs is 1. The molecule has 1 aromatic rings. The van der Waals surface area contributed by atoms with E-state index in [0.717, 1.165) is 5.69 Å². The molecule has 2 rings (SSSR count). The number of nitrogens with one attached hydrogen (secondary N) is 1. The number of carbonyl (C=O) groups excluding carboxylic acids is 1. The SMILES string of the molecule is Cc1cc2c(cc1NC(=O)C(C)C)C(C)CCCC2. The molecule has 0 aliphatic heterocycles. The summed E-state index contributed by atoms with van der Waals surface area (Å²) in [5.74, 6) is 0.729. The number of carbonyl (C=O) groups is 1. The molecule has 1 unspecified atom stereocenters. The van der Waals surface area contributed by atoms with Crippen LogP contribution in [0.4, 0.5) is 5.69 Å². The molecule has 2 nitrogen and oxygen atoms in total. The van der Waals surface area contributed by atoms with Crippen LogP contribution in [0, 0.1) is 12.8 Å². The second-order valence-corrected chi connectivity index (χ2v) is 6.16. The van der Waals surface area contributed by atoms with Crippen LogP contribution in [0.15, 0.2) is 12.1 Å². The smallest absolute Gasteiger partial charge is 0.226 e. The highest BCUT2D eigenvalue weighted by molar-refractivity contribution is 5.93. The van der Waals surface area contributed by atoms with Gasteiger partial charge in [-0.2, -0.15) is 0 Å². The topological polar surface area (TPSA) is 29.1 Å². The Kier molecular flexibility index (Phi) is 4.28. The number of amides is 1. The van der Waals surface area contributed by atoms with Gasteiger partial charge in [0.05, 0.1) is 0 Å². The molecule has 0 spiro atoms. The molecule has 0 heterocycles. The summed E-state index contributed by atoms with van der Waals surface area (Å²) in [5, 5.41) is 3.06. The van der Waals surface area contributed by atoms with Crippen molar-refractivity contribution in [1.82, 2.24) is 0 Å². The van der Waals surface area contributed by atoms with Crippen LogP contribution in [-0.4, -0.2) is 5.91 Å². The fourth-order valence-corrected chi connectivity index (χ4v) is 2.79. The molecule has 1 N–H and O–H groups in total. The number of benzene rings is 1. The molecule has 1 atom stereocenters. The lowest BCUT2D eigenvalue weighted by Gasteiger charge is -2.18. The predicted octanol–water partition coefficient (Wildman–Crippen LogP) is 4.42. The lowest BCUT2D eigenvalue weighted by atomic mass is 9.92. The summed E-state index contributed by atoms with van der Waals surface area (Å²) >= 11 is 0. The number of hydrogen-bond donors (Lipinski definition) is 1. The highest BCUT2D eigenvalue weighted by atomic mass is 16.1. The van der Waals surface area contributed by atoms with Crippen LogP contribution >= 0.6 is 0 Å². The molecule has 104 valence electrons. The molecule has 1 aliphatic carbocycles. The summed E-state index contributed by atoms with van der Waals surface area (Å²) in [6.45, 7) is 8.24. The van der Waals surface area contributed by atoms with Crippen molar-refractivity contribution in [2.24, 2.45) is 5.92 Å². The summed E-state index contributed by atoms with van der Waals surface area (Å²) in [7, 11) is 0. The monoisotopic (exact) mass is 259 g/mol. The van der Waals surface area contributed by atoms with Crippen LogP contribution in [0.3, 0.4) is 0 Å². The van der Waals surface area contributed by atoms with Crippen LogP contribution < -0.4 is 5.32 Å². The minimum Gasteiger partial charge on any atom is -0.326 e. The molecule has 0 aromatic heterocycles. The van der Waals surface area contributed by atoms with Gasteiger partial charge in [0, 0.05) is 11.6 Å². The van der Waals surface area contributed by atoms with Gasteiger partial charge in [-0.1, -0.05) is 33.3 Å². The van der Waals surface area contributed by atoms with Crippen molar-refractivity contribution in [3.05, 3.63) is 28.8 Å². The third kappa shape index (κ3) is 3.17. The first-order valence-corrected chi connectivity index (χ1v) is 7.43. The fraction of sp³-hybridized carbons (Fsp3) is 0.588. The van der Waals surface area contributed by atoms with E-state index >= 15 is 0 Å². The Morgan fingerprint density at radius 3 is 2.74 bits per heavy atom. The van der Waals surface area contributed by atoms with Gasteiger partial charge in [-0.25, -0.2) is 0 Å². The Bertz CT molecular complexity index is 476. The van der Waals surface area contributed by atoms with E-state index in [1.165, 1.54) is 42.4 Å². The standard InChI is InChI=1S/C17H25NO/c1-11(2)17(19)18-16-10-15-12(3)7-5-6-8-14(15)9-13(16)4/h9-12H,5-8H2,1-4H3,(H,18,19). The van der Waals surface area contributed by atoms with E-state index in [4.69, 9.17) is 0 Å². The van der Waals surface area contributed by atoms with Crippen molar-refractivity contribution in [3.8, 4) is 0 Å². The van der Waals surface area contributed by atoms with Crippen molar-refractivity contribution in [2.75, 3.05) is 5.32 Å². The molecule has 0 saturated heterocycles. The summed E-state index contributed by atoms with van der Waals surface area (Å²) in [4.78, 5) is 11.9. The van der Waals surface area contributed by atoms with Gasteiger partial charge in [-0.05, 0) is 54.9 Å². The maximum Gasteiger partial charge on any atom is 0.226 e. The molecule has 1 amide bonds. The van der Waals surface area contributed by atoms with Gasteiger partial charge in [0.15, 0.2) is 0 Å². The van der Waals surface area contributed by atoms with Gasteiger partial charge in [-0.15, -0.1) is 0 Å². The second kappa shape index (κ2) is 5.77. The first-order valence-electron chi connectivity index (χ1n) is 7.43. The Hall–Kier alpha value is -1.31. The Labute approximate surface area is 116 Å². The van der Waals surface area contributed by atoms with E-state index < -0.39 is 0 Å². The van der Waals surface area contributed by atoms with Crippen LogP contribution in [-0.2, 0) is 11.2 Å². The van der Waals surface area contributed by atoms with Crippen molar-refractivity contribution in [1.29, 1.82) is 0 Å². The van der Waals surface area contributed by atoms with E-state index in [-0.39, 0.29) is 11.8 Å². The summed E-state index contributed by atoms with van der Waals surface area (Å²) in [6, 6.07) is 4.48. The predicted molar refractivity (Wildman–Crippen MR) is 80.6 cm³/mol. The molecular formula is C17H25NO. The van der Waals surface area contributed by atoms with E-state index in [1.807, 2.05) is 13.8 Å². The van der Waals surface area contributed by atoms with Gasteiger partial charge >= 0.3 is 0 Å². The fourth-order valence-electron chi connectivity index (χ4n) is 2.79. The number of aryl methyl sites for hydroxylation is 2. The van der Waals surface area contributed by atoms with Crippen LogP contribution in [0.2, 0.25) is 0 Å². The third-order valence-corrected chi connectivity index (χ3v) is 4.13. The van der Waals surface area contributed by atoms with Crippen molar-refractivity contribution >= 4 is 11.6 Å². The average Bonchev–Trinajstić information content (AvgIpc) is 2.52. The minimum absolute atomic E-state index is 0.0237. The lowest BCUT2D eigenvalue weighted by molar-refractivity contribution is -0.118. The van der Waals surface area contributed by atoms with Gasteiger partial charge in [0.1, 0.15) is 0 Å². The van der Waals surface area contributed by atoms with E-state index in [1.54, 1.807) is 0 Å². The summed E-state index contributed by atoms with van der Waals surface area (Å²) in [6.07, 6.45) is 5.03. The number of hydrogen-bond acceptors (Lipinski definition) is 1. The molecule has 1 aromatic carbocycles. The highest BCUT2D eigenvalue weighted by Gasteiger charge is 2.17. The first-order chi connectivity index (χ1) is 8.99. The largest absolute Gasteiger partial charge is 0.326 e. The average molecular weight is 259 g/mol. The first kappa shape index (κ1) is 14.1. The molecule has 0 fully saturated rings. The van der Waals surface area contributed by atoms with Crippen molar-refractivity contribution in [3.63, 3.8) is 0 Å². The van der Waals surface area contributed by atoms with Gasteiger partial charge in [0.25, 0.3) is 0 Å². The zero-order valence-electron chi connectivity index (χ0n) is 12.5. The van der Waals surface area contributed by atoms with Gasteiger partial charge in [-0.3, -0.25) is 4.79 Å². The Morgan fingerprint density at radius 2 is 2.05 bits per heavy atom. The zero-order valence-corrected chi connectivity index (χ0v) is 12.5. The zero-order chi connectivity index (χ0) is 14.0. The van der Waals surface area contributed by atoms with E-state index in [2.05, 4.69) is 31.3 Å². The molecular weight excluding hydrogens is 234 g/mol. The maximum absolute atomic E-state index is 11.9. The highest BCUT2D eigenvalue weighted by Crippen LogP contribution is 2.33. The minimum atomic E-state index is 0.0237. The Morgan fingerprint density at radius 1 is 1.32 bits per heavy atom. The van der Waals surface area contributed by atoms with Gasteiger partial charge < -0.3 is 5.32 Å². The molecule has 19 heavy (non-hydrogen) atoms. The quantitative estimate of drug-likeness (QED) is 0.783. The van der Waals surface area contributed by atoms with Gasteiger partial charge in [0.2, 0.25) is 5.91 Å². The molecule has 0 saturated carbocycles. The lowest BCUT2D eigenvalue weighted by Crippen LogP contribution is -2.18. The number of rotatable bonds is 2.